The monoisotopic (exact) mass is 405 g/mol. The van der Waals surface area contributed by atoms with Crippen LogP contribution < -0.4 is 16.0 Å². The van der Waals surface area contributed by atoms with Crippen LogP contribution in [-0.2, 0) is 9.59 Å². The van der Waals surface area contributed by atoms with Crippen LogP contribution in [0.4, 0.5) is 24.5 Å². The highest BCUT2D eigenvalue weighted by atomic mass is 19.4. The number of rotatable bonds is 4. The molecule has 3 N–H and O–H groups in total. The standard InChI is InChI=1S/C20H18F3N3O3/c21-20(22,23)16-10-9-15(19(29)26-16)18(28)25-14-8-4-7-13(11-14)24-17(27)12-5-2-1-3-6-12/h1-8,11,15-16H,9-10H2,(H,24,27)(H,25,28)(H,26,29). The van der Waals surface area contributed by atoms with Gasteiger partial charge >= 0.3 is 6.18 Å². The third-order valence-electron chi connectivity index (χ3n) is 4.51. The summed E-state index contributed by atoms with van der Waals surface area (Å²) in [6, 6.07) is 12.9. The minimum absolute atomic E-state index is 0.202. The van der Waals surface area contributed by atoms with Gasteiger partial charge in [-0.3, -0.25) is 14.4 Å². The van der Waals surface area contributed by atoms with Crippen molar-refractivity contribution >= 4 is 29.1 Å². The number of anilines is 2. The molecule has 3 rings (SSSR count). The molecule has 1 fully saturated rings. The smallest absolute Gasteiger partial charge is 0.344 e. The van der Waals surface area contributed by atoms with Crippen molar-refractivity contribution in [1.82, 2.24) is 5.32 Å². The molecule has 0 aliphatic carbocycles. The lowest BCUT2D eigenvalue weighted by atomic mass is 9.92. The number of nitrogens with one attached hydrogen (secondary N) is 3. The van der Waals surface area contributed by atoms with Crippen LogP contribution in [0.2, 0.25) is 0 Å². The van der Waals surface area contributed by atoms with Crippen LogP contribution in [0, 0.1) is 5.92 Å². The molecular weight excluding hydrogens is 387 g/mol. The van der Waals surface area contributed by atoms with Crippen LogP contribution in [0.1, 0.15) is 23.2 Å². The summed E-state index contributed by atoms with van der Waals surface area (Å²) in [5.41, 5.74) is 1.19. The van der Waals surface area contributed by atoms with Crippen LogP contribution in [0.5, 0.6) is 0 Å². The summed E-state index contributed by atoms with van der Waals surface area (Å²) in [5, 5.41) is 7.05. The topological polar surface area (TPSA) is 87.3 Å². The molecular formula is C20H18F3N3O3. The third-order valence-corrected chi connectivity index (χ3v) is 4.51. The van der Waals surface area contributed by atoms with Crippen molar-refractivity contribution in [2.24, 2.45) is 5.92 Å². The van der Waals surface area contributed by atoms with Gasteiger partial charge in [0.2, 0.25) is 11.8 Å². The summed E-state index contributed by atoms with van der Waals surface area (Å²) >= 11 is 0. The molecule has 29 heavy (non-hydrogen) atoms. The van der Waals surface area contributed by atoms with Crippen molar-refractivity contribution in [3.05, 3.63) is 60.2 Å². The Hall–Kier alpha value is -3.36. The molecule has 1 aliphatic rings. The van der Waals surface area contributed by atoms with Crippen molar-refractivity contribution in [3.8, 4) is 0 Å². The van der Waals surface area contributed by atoms with Crippen LogP contribution in [-0.4, -0.2) is 29.9 Å². The Bertz CT molecular complexity index is 916. The van der Waals surface area contributed by atoms with Gasteiger partial charge in [0, 0.05) is 16.9 Å². The zero-order chi connectivity index (χ0) is 21.0. The average molecular weight is 405 g/mol. The fraction of sp³-hybridized carbons (Fsp3) is 0.250. The van der Waals surface area contributed by atoms with Gasteiger partial charge < -0.3 is 16.0 Å². The Morgan fingerprint density at radius 2 is 1.59 bits per heavy atom. The van der Waals surface area contributed by atoms with E-state index < -0.39 is 30.0 Å². The second kappa shape index (κ2) is 8.34. The van der Waals surface area contributed by atoms with Crippen LogP contribution >= 0.6 is 0 Å². The molecule has 0 bridgehead atoms. The first-order valence-corrected chi connectivity index (χ1v) is 8.88. The molecule has 6 nitrogen and oxygen atoms in total. The predicted octanol–water partition coefficient (Wildman–Crippen LogP) is 3.33. The molecule has 0 radical (unpaired) electrons. The Kier molecular flexibility index (Phi) is 5.86. The fourth-order valence-corrected chi connectivity index (χ4v) is 3.00. The molecule has 152 valence electrons. The van der Waals surface area contributed by atoms with Gasteiger partial charge in [0.05, 0.1) is 0 Å². The van der Waals surface area contributed by atoms with Gasteiger partial charge in [-0.05, 0) is 43.2 Å². The minimum Gasteiger partial charge on any atom is -0.344 e. The van der Waals surface area contributed by atoms with E-state index in [1.807, 2.05) is 5.32 Å². The fourth-order valence-electron chi connectivity index (χ4n) is 3.00. The number of carbonyl (C=O) groups is 3. The Balaban J connectivity index is 1.62. The lowest BCUT2D eigenvalue weighted by Gasteiger charge is -2.29. The molecule has 3 amide bonds. The van der Waals surface area contributed by atoms with Gasteiger partial charge in [-0.25, -0.2) is 0 Å². The molecule has 2 aromatic rings. The number of hydrogen-bond acceptors (Lipinski definition) is 3. The van der Waals surface area contributed by atoms with E-state index >= 15 is 0 Å². The van der Waals surface area contributed by atoms with Crippen LogP contribution in [0.25, 0.3) is 0 Å². The van der Waals surface area contributed by atoms with Gasteiger partial charge in [-0.1, -0.05) is 24.3 Å². The average Bonchev–Trinajstić information content (AvgIpc) is 2.68. The van der Waals surface area contributed by atoms with E-state index in [1.165, 1.54) is 6.07 Å². The summed E-state index contributed by atoms with van der Waals surface area (Å²) in [6.07, 6.45) is -5.10. The van der Waals surface area contributed by atoms with E-state index in [4.69, 9.17) is 0 Å². The first-order chi connectivity index (χ1) is 13.7. The molecule has 1 saturated heterocycles. The van der Waals surface area contributed by atoms with E-state index in [9.17, 15) is 27.6 Å². The van der Waals surface area contributed by atoms with Gasteiger partial charge in [0.1, 0.15) is 12.0 Å². The molecule has 2 unspecified atom stereocenters. The van der Waals surface area contributed by atoms with E-state index in [1.54, 1.807) is 48.5 Å². The van der Waals surface area contributed by atoms with Crippen molar-refractivity contribution in [2.75, 3.05) is 10.6 Å². The van der Waals surface area contributed by atoms with Gasteiger partial charge in [0.15, 0.2) is 0 Å². The lowest BCUT2D eigenvalue weighted by Crippen LogP contribution is -2.53. The minimum atomic E-state index is -4.54. The summed E-state index contributed by atoms with van der Waals surface area (Å²) in [5.74, 6) is -3.20. The molecule has 2 aromatic carbocycles. The van der Waals surface area contributed by atoms with Gasteiger partial charge in [-0.2, -0.15) is 13.2 Å². The maximum atomic E-state index is 12.7. The highest BCUT2D eigenvalue weighted by Crippen LogP contribution is 2.29. The second-order valence-corrected chi connectivity index (χ2v) is 6.62. The van der Waals surface area contributed by atoms with Crippen molar-refractivity contribution < 1.29 is 27.6 Å². The SMILES string of the molecule is O=C(Nc1cccc(NC(=O)C2CCC(C(F)(F)F)NC2=O)c1)c1ccccc1. The van der Waals surface area contributed by atoms with Crippen molar-refractivity contribution in [3.63, 3.8) is 0 Å². The molecule has 0 aromatic heterocycles. The number of carbonyl (C=O) groups excluding carboxylic acids is 3. The molecule has 0 spiro atoms. The summed E-state index contributed by atoms with van der Waals surface area (Å²) < 4.78 is 38.1. The van der Waals surface area contributed by atoms with E-state index in [2.05, 4.69) is 10.6 Å². The summed E-state index contributed by atoms with van der Waals surface area (Å²) in [7, 11) is 0. The number of benzene rings is 2. The maximum absolute atomic E-state index is 12.7. The molecule has 1 aliphatic heterocycles. The molecule has 1 heterocycles. The van der Waals surface area contributed by atoms with Crippen molar-refractivity contribution in [1.29, 1.82) is 0 Å². The quantitative estimate of drug-likeness (QED) is 0.682. The van der Waals surface area contributed by atoms with Crippen LogP contribution in [0.3, 0.4) is 0 Å². The zero-order valence-electron chi connectivity index (χ0n) is 15.1. The van der Waals surface area contributed by atoms with Crippen LogP contribution in [0.15, 0.2) is 54.6 Å². The van der Waals surface area contributed by atoms with Gasteiger partial charge in [0.25, 0.3) is 5.91 Å². The summed E-state index contributed by atoms with van der Waals surface area (Å²) in [4.78, 5) is 36.5. The molecule has 0 saturated carbocycles. The van der Waals surface area contributed by atoms with Gasteiger partial charge in [-0.15, -0.1) is 0 Å². The first kappa shape index (κ1) is 20.4. The highest BCUT2D eigenvalue weighted by molar-refractivity contribution is 6.07. The Morgan fingerprint density at radius 3 is 2.21 bits per heavy atom. The first-order valence-electron chi connectivity index (χ1n) is 8.88. The number of piperidine rings is 1. The second-order valence-electron chi connectivity index (χ2n) is 6.62. The largest absolute Gasteiger partial charge is 0.408 e. The summed E-state index contributed by atoms with van der Waals surface area (Å²) in [6.45, 7) is 0. The van der Waals surface area contributed by atoms with Crippen molar-refractivity contribution in [2.45, 2.75) is 25.1 Å². The highest BCUT2D eigenvalue weighted by Gasteiger charge is 2.45. The number of hydrogen-bond donors (Lipinski definition) is 3. The molecule has 2 atom stereocenters. The number of halogens is 3. The normalized spacial score (nSPS) is 19.2. The Labute approximate surface area is 164 Å². The number of amides is 3. The predicted molar refractivity (Wildman–Crippen MR) is 100 cm³/mol. The molecule has 9 heteroatoms. The number of alkyl halides is 3. The van der Waals surface area contributed by atoms with E-state index in [0.717, 1.165) is 0 Å². The maximum Gasteiger partial charge on any atom is 0.408 e. The lowest BCUT2D eigenvalue weighted by molar-refractivity contribution is -0.170. The Morgan fingerprint density at radius 1 is 0.931 bits per heavy atom. The third kappa shape index (κ3) is 5.13. The van der Waals surface area contributed by atoms with E-state index in [0.29, 0.717) is 16.9 Å². The van der Waals surface area contributed by atoms with E-state index in [-0.39, 0.29) is 18.7 Å². The zero-order valence-corrected chi connectivity index (χ0v) is 15.1.